The van der Waals surface area contributed by atoms with Crippen molar-refractivity contribution in [3.63, 3.8) is 0 Å². The van der Waals surface area contributed by atoms with E-state index < -0.39 is 8.07 Å². The number of hydrogen-bond donors (Lipinski definition) is 0. The third-order valence-corrected chi connectivity index (χ3v) is 11.4. The molecule has 0 radical (unpaired) electrons. The molecule has 1 saturated carbocycles. The summed E-state index contributed by atoms with van der Waals surface area (Å²) >= 11 is 0. The third kappa shape index (κ3) is 2.22. The fourth-order valence-electron chi connectivity index (χ4n) is 5.10. The van der Waals surface area contributed by atoms with E-state index in [0.717, 1.165) is 23.4 Å². The van der Waals surface area contributed by atoms with Gasteiger partial charge in [-0.05, 0) is 54.9 Å². The van der Waals surface area contributed by atoms with Crippen LogP contribution in [0.3, 0.4) is 0 Å². The van der Waals surface area contributed by atoms with Crippen molar-refractivity contribution in [2.24, 2.45) is 17.8 Å². The maximum Gasteiger partial charge on any atom is 0.0775 e. The Labute approximate surface area is 126 Å². The van der Waals surface area contributed by atoms with Gasteiger partial charge in [-0.2, -0.15) is 0 Å². The van der Waals surface area contributed by atoms with E-state index >= 15 is 0 Å². The molecule has 20 heavy (non-hydrogen) atoms. The maximum atomic E-state index is 2.50. The minimum absolute atomic E-state index is 0.322. The Morgan fingerprint density at radius 3 is 2.00 bits per heavy atom. The summed E-state index contributed by atoms with van der Waals surface area (Å²) in [5.41, 5.74) is 2.66. The first-order valence-corrected chi connectivity index (χ1v) is 13.6. The Hall–Kier alpha value is -0.133. The quantitative estimate of drug-likeness (QED) is 0.543. The zero-order valence-electron chi connectivity index (χ0n) is 13.1. The van der Waals surface area contributed by atoms with Gasteiger partial charge in [0.2, 0.25) is 0 Å². The topological polar surface area (TPSA) is 0 Å². The predicted molar refractivity (Wildman–Crippen MR) is 93.1 cm³/mol. The molecule has 0 N–H and O–H groups in total. The molecule has 2 heteroatoms. The highest BCUT2D eigenvalue weighted by atomic mass is 31.1. The average Bonchev–Trinajstić information content (AvgIpc) is 2.37. The molecule has 1 aromatic carbocycles. The minimum atomic E-state index is -1.13. The Morgan fingerprint density at radius 1 is 0.900 bits per heavy atom. The summed E-state index contributed by atoms with van der Waals surface area (Å²) in [6.45, 7) is 7.36. The molecule has 4 fully saturated rings. The highest BCUT2D eigenvalue weighted by Gasteiger charge is 2.48. The number of benzene rings is 1. The summed E-state index contributed by atoms with van der Waals surface area (Å²) < 4.78 is 0. The summed E-state index contributed by atoms with van der Waals surface area (Å²) in [5, 5.41) is 1.62. The van der Waals surface area contributed by atoms with E-state index in [9.17, 15) is 0 Å². The van der Waals surface area contributed by atoms with E-state index in [2.05, 4.69) is 43.9 Å². The molecule has 4 aliphatic rings. The van der Waals surface area contributed by atoms with Gasteiger partial charge in [0, 0.05) is 5.66 Å². The van der Waals surface area contributed by atoms with Gasteiger partial charge in [0.25, 0.3) is 0 Å². The van der Waals surface area contributed by atoms with E-state index in [4.69, 9.17) is 0 Å². The normalized spacial score (nSPS) is 39.2. The molecular formula is C18H27PSi. The largest absolute Gasteiger partial charge is 0.0982 e. The van der Waals surface area contributed by atoms with Gasteiger partial charge in [0.1, 0.15) is 0 Å². The first-order chi connectivity index (χ1) is 9.50. The lowest BCUT2D eigenvalue weighted by Crippen LogP contribution is -2.41. The summed E-state index contributed by atoms with van der Waals surface area (Å²) in [6, 6.07) is 9.93. The van der Waals surface area contributed by atoms with Crippen molar-refractivity contribution in [3.8, 4) is 0 Å². The lowest BCUT2D eigenvalue weighted by molar-refractivity contribution is 0.186. The zero-order chi connectivity index (χ0) is 13.9. The van der Waals surface area contributed by atoms with Crippen LogP contribution in [0.2, 0.25) is 19.6 Å². The molecule has 0 amide bonds. The smallest absolute Gasteiger partial charge is 0.0775 e. The van der Waals surface area contributed by atoms with E-state index in [1.807, 2.05) is 0 Å². The standard InChI is InChI=1S/C18H27PSi/c1-20(2,3)17-6-4-15(5-7-17)18-16-9-13-8-14(10-16)12-19(18)11-13/h4-7,13-14,16,18H,8-12H2,1-3H3. The monoisotopic (exact) mass is 302 g/mol. The zero-order valence-corrected chi connectivity index (χ0v) is 15.0. The van der Waals surface area contributed by atoms with Crippen LogP contribution in [0, 0.1) is 17.8 Å². The van der Waals surface area contributed by atoms with Gasteiger partial charge in [-0.3, -0.25) is 0 Å². The first-order valence-electron chi connectivity index (χ1n) is 8.35. The molecule has 3 aliphatic heterocycles. The number of hydrogen-bond acceptors (Lipinski definition) is 0. The van der Waals surface area contributed by atoms with Gasteiger partial charge in [-0.1, -0.05) is 57.0 Å². The lowest BCUT2D eigenvalue weighted by Gasteiger charge is -2.55. The molecule has 4 bridgehead atoms. The molecule has 3 atom stereocenters. The van der Waals surface area contributed by atoms with Crippen molar-refractivity contribution in [1.82, 2.24) is 0 Å². The second kappa shape index (κ2) is 4.68. The maximum absolute atomic E-state index is 2.50. The molecule has 108 valence electrons. The van der Waals surface area contributed by atoms with Gasteiger partial charge < -0.3 is 0 Å². The Bertz CT molecular complexity index is 471. The van der Waals surface area contributed by atoms with Gasteiger partial charge in [0.05, 0.1) is 8.07 Å². The van der Waals surface area contributed by atoms with Crippen LogP contribution in [0.25, 0.3) is 0 Å². The second-order valence-corrected chi connectivity index (χ2v) is 16.0. The highest BCUT2D eigenvalue weighted by Crippen LogP contribution is 2.70. The van der Waals surface area contributed by atoms with Gasteiger partial charge in [-0.15, -0.1) is 0 Å². The summed E-state index contributed by atoms with van der Waals surface area (Å²) in [6.07, 6.45) is 7.88. The second-order valence-electron chi connectivity index (χ2n) is 8.47. The molecule has 0 aromatic heterocycles. The van der Waals surface area contributed by atoms with E-state index in [-0.39, 0.29) is 0 Å². The predicted octanol–water partition coefficient (Wildman–Crippen LogP) is 4.81. The number of rotatable bonds is 2. The van der Waals surface area contributed by atoms with Crippen molar-refractivity contribution in [2.45, 2.75) is 44.6 Å². The fraction of sp³-hybridized carbons (Fsp3) is 0.667. The van der Waals surface area contributed by atoms with Crippen molar-refractivity contribution >= 4 is 21.2 Å². The lowest BCUT2D eigenvalue weighted by atomic mass is 9.73. The summed E-state index contributed by atoms with van der Waals surface area (Å²) in [4.78, 5) is 0. The van der Waals surface area contributed by atoms with Crippen molar-refractivity contribution in [2.75, 3.05) is 12.3 Å². The van der Waals surface area contributed by atoms with Crippen molar-refractivity contribution in [3.05, 3.63) is 29.8 Å². The van der Waals surface area contributed by atoms with Crippen LogP contribution in [0.5, 0.6) is 0 Å². The van der Waals surface area contributed by atoms with E-state index in [1.54, 1.807) is 42.3 Å². The van der Waals surface area contributed by atoms with Crippen LogP contribution in [0.4, 0.5) is 0 Å². The molecule has 1 aliphatic carbocycles. The summed E-state index contributed by atoms with van der Waals surface area (Å²) in [5.74, 6) is 3.29. The Kier molecular flexibility index (Phi) is 3.17. The molecule has 0 spiro atoms. The van der Waals surface area contributed by atoms with Crippen LogP contribution >= 0.6 is 7.92 Å². The van der Waals surface area contributed by atoms with Crippen molar-refractivity contribution < 1.29 is 0 Å². The summed E-state index contributed by atoms with van der Waals surface area (Å²) in [7, 11) is -0.810. The van der Waals surface area contributed by atoms with Gasteiger partial charge in [-0.25, -0.2) is 0 Å². The van der Waals surface area contributed by atoms with Crippen LogP contribution in [0.15, 0.2) is 24.3 Å². The van der Waals surface area contributed by atoms with E-state index in [1.165, 1.54) is 0 Å². The SMILES string of the molecule is C[Si](C)(C)c1ccc(C2C3CC4CC(C3)CP2C4)cc1. The van der Waals surface area contributed by atoms with Gasteiger partial charge >= 0.3 is 0 Å². The molecular weight excluding hydrogens is 275 g/mol. The molecule has 0 nitrogen and oxygen atoms in total. The average molecular weight is 302 g/mol. The Morgan fingerprint density at radius 2 is 1.50 bits per heavy atom. The minimum Gasteiger partial charge on any atom is -0.0982 e. The Balaban J connectivity index is 1.61. The third-order valence-electron chi connectivity index (χ3n) is 5.88. The van der Waals surface area contributed by atoms with Gasteiger partial charge in [0.15, 0.2) is 0 Å². The molecule has 3 heterocycles. The van der Waals surface area contributed by atoms with Crippen molar-refractivity contribution in [1.29, 1.82) is 0 Å². The molecule has 3 unspecified atom stereocenters. The van der Waals surface area contributed by atoms with Crippen LogP contribution in [0.1, 0.15) is 30.5 Å². The molecule has 3 saturated heterocycles. The van der Waals surface area contributed by atoms with E-state index in [0.29, 0.717) is 7.92 Å². The van der Waals surface area contributed by atoms with Crippen LogP contribution in [-0.2, 0) is 0 Å². The first kappa shape index (κ1) is 13.5. The fourth-order valence-corrected chi connectivity index (χ4v) is 10.2. The van der Waals surface area contributed by atoms with Crippen LogP contribution < -0.4 is 5.19 Å². The molecule has 1 aromatic rings. The highest BCUT2D eigenvalue weighted by molar-refractivity contribution is 7.58. The van der Waals surface area contributed by atoms with Crippen LogP contribution in [-0.4, -0.2) is 20.4 Å². The molecule has 5 rings (SSSR count).